The molecule has 1 aromatic rings. The highest BCUT2D eigenvalue weighted by molar-refractivity contribution is 6.31. The number of hydrogen-bond acceptors (Lipinski definition) is 2. The predicted molar refractivity (Wildman–Crippen MR) is 76.9 cm³/mol. The van der Waals surface area contributed by atoms with Gasteiger partial charge in [-0.25, -0.2) is 0 Å². The SMILES string of the molecule is CCCC(CN)CC(=O)Nc1cc(Cl)ccc1C. The van der Waals surface area contributed by atoms with Gasteiger partial charge in [0.05, 0.1) is 0 Å². The van der Waals surface area contributed by atoms with E-state index in [-0.39, 0.29) is 11.8 Å². The average Bonchev–Trinajstić information content (AvgIpc) is 2.33. The van der Waals surface area contributed by atoms with E-state index in [1.165, 1.54) is 0 Å². The zero-order valence-electron chi connectivity index (χ0n) is 11.0. The highest BCUT2D eigenvalue weighted by Gasteiger charge is 2.12. The Balaban J connectivity index is 2.61. The minimum Gasteiger partial charge on any atom is -0.330 e. The van der Waals surface area contributed by atoms with Gasteiger partial charge in [0.15, 0.2) is 0 Å². The normalized spacial score (nSPS) is 12.2. The molecule has 1 rings (SSSR count). The first-order chi connectivity index (χ1) is 8.56. The van der Waals surface area contributed by atoms with Gasteiger partial charge in [-0.2, -0.15) is 0 Å². The predicted octanol–water partition coefficient (Wildman–Crippen LogP) is 3.35. The standard InChI is InChI=1S/C14H21ClN2O/c1-3-4-11(9-16)7-14(18)17-13-8-12(15)6-5-10(13)2/h5-6,8,11H,3-4,7,9,16H2,1-2H3,(H,17,18). The third-order valence-electron chi connectivity index (χ3n) is 2.98. The lowest BCUT2D eigenvalue weighted by Crippen LogP contribution is -2.22. The van der Waals surface area contributed by atoms with E-state index in [1.54, 1.807) is 6.07 Å². The molecule has 1 aromatic carbocycles. The van der Waals surface area contributed by atoms with Crippen molar-refractivity contribution in [3.8, 4) is 0 Å². The number of carbonyl (C=O) groups is 1. The van der Waals surface area contributed by atoms with Crippen LogP contribution in [0.2, 0.25) is 5.02 Å². The smallest absolute Gasteiger partial charge is 0.224 e. The van der Waals surface area contributed by atoms with Crippen molar-refractivity contribution in [3.05, 3.63) is 28.8 Å². The van der Waals surface area contributed by atoms with Gasteiger partial charge in [0.25, 0.3) is 0 Å². The van der Waals surface area contributed by atoms with E-state index in [0.29, 0.717) is 18.0 Å². The van der Waals surface area contributed by atoms with E-state index < -0.39 is 0 Å². The van der Waals surface area contributed by atoms with Crippen LogP contribution in [0, 0.1) is 12.8 Å². The summed E-state index contributed by atoms with van der Waals surface area (Å²) < 4.78 is 0. The lowest BCUT2D eigenvalue weighted by atomic mass is 9.99. The van der Waals surface area contributed by atoms with E-state index in [4.69, 9.17) is 17.3 Å². The van der Waals surface area contributed by atoms with E-state index >= 15 is 0 Å². The molecule has 0 aliphatic heterocycles. The van der Waals surface area contributed by atoms with Crippen LogP contribution in [0.3, 0.4) is 0 Å². The first kappa shape index (κ1) is 15.0. The van der Waals surface area contributed by atoms with Gasteiger partial charge in [-0.15, -0.1) is 0 Å². The molecule has 0 aliphatic rings. The summed E-state index contributed by atoms with van der Waals surface area (Å²) in [5.41, 5.74) is 7.44. The fourth-order valence-corrected chi connectivity index (χ4v) is 2.08. The zero-order valence-corrected chi connectivity index (χ0v) is 11.8. The molecule has 0 radical (unpaired) electrons. The van der Waals surface area contributed by atoms with Crippen LogP contribution in [-0.4, -0.2) is 12.5 Å². The van der Waals surface area contributed by atoms with Crippen LogP contribution in [0.4, 0.5) is 5.69 Å². The van der Waals surface area contributed by atoms with Crippen molar-refractivity contribution in [3.63, 3.8) is 0 Å². The van der Waals surface area contributed by atoms with Crippen molar-refractivity contribution < 1.29 is 4.79 Å². The lowest BCUT2D eigenvalue weighted by molar-refractivity contribution is -0.117. The monoisotopic (exact) mass is 268 g/mol. The third kappa shape index (κ3) is 4.67. The van der Waals surface area contributed by atoms with E-state index in [0.717, 1.165) is 24.1 Å². The molecule has 3 nitrogen and oxygen atoms in total. The second-order valence-corrected chi connectivity index (χ2v) is 5.04. The maximum absolute atomic E-state index is 11.9. The van der Waals surface area contributed by atoms with Gasteiger partial charge in [-0.05, 0) is 43.5 Å². The van der Waals surface area contributed by atoms with Crippen molar-refractivity contribution in [1.29, 1.82) is 0 Å². The molecule has 0 saturated heterocycles. The van der Waals surface area contributed by atoms with Crippen molar-refractivity contribution >= 4 is 23.2 Å². The minimum absolute atomic E-state index is 0.00395. The van der Waals surface area contributed by atoms with Gasteiger partial charge in [-0.3, -0.25) is 4.79 Å². The Hall–Kier alpha value is -1.06. The van der Waals surface area contributed by atoms with Gasteiger partial charge in [0, 0.05) is 17.1 Å². The fraction of sp³-hybridized carbons (Fsp3) is 0.500. The zero-order chi connectivity index (χ0) is 13.5. The first-order valence-electron chi connectivity index (χ1n) is 6.32. The van der Waals surface area contributed by atoms with Crippen molar-refractivity contribution in [2.24, 2.45) is 11.7 Å². The molecule has 3 N–H and O–H groups in total. The second kappa shape index (κ2) is 7.39. The van der Waals surface area contributed by atoms with Crippen LogP contribution < -0.4 is 11.1 Å². The molecule has 0 spiro atoms. The summed E-state index contributed by atoms with van der Waals surface area (Å²) in [6.07, 6.45) is 2.50. The molecule has 0 saturated carbocycles. The number of carbonyl (C=O) groups excluding carboxylic acids is 1. The molecule has 1 unspecified atom stereocenters. The van der Waals surface area contributed by atoms with E-state index in [2.05, 4.69) is 12.2 Å². The molecular weight excluding hydrogens is 248 g/mol. The number of amides is 1. The average molecular weight is 269 g/mol. The maximum Gasteiger partial charge on any atom is 0.224 e. The van der Waals surface area contributed by atoms with Crippen molar-refractivity contribution in [1.82, 2.24) is 0 Å². The highest BCUT2D eigenvalue weighted by Crippen LogP contribution is 2.21. The summed E-state index contributed by atoms with van der Waals surface area (Å²) in [7, 11) is 0. The topological polar surface area (TPSA) is 55.1 Å². The van der Waals surface area contributed by atoms with Crippen LogP contribution in [-0.2, 0) is 4.79 Å². The summed E-state index contributed by atoms with van der Waals surface area (Å²) >= 11 is 5.91. The summed E-state index contributed by atoms with van der Waals surface area (Å²) in [4.78, 5) is 11.9. The molecule has 4 heteroatoms. The highest BCUT2D eigenvalue weighted by atomic mass is 35.5. The third-order valence-corrected chi connectivity index (χ3v) is 3.21. The van der Waals surface area contributed by atoms with Crippen molar-refractivity contribution in [2.75, 3.05) is 11.9 Å². The maximum atomic E-state index is 11.9. The van der Waals surface area contributed by atoms with Crippen LogP contribution in [0.25, 0.3) is 0 Å². The molecular formula is C14H21ClN2O. The van der Waals surface area contributed by atoms with E-state index in [1.807, 2.05) is 19.1 Å². The molecule has 0 aliphatic carbocycles. The Kier molecular flexibility index (Phi) is 6.16. The molecule has 0 bridgehead atoms. The summed E-state index contributed by atoms with van der Waals surface area (Å²) in [5.74, 6) is 0.263. The molecule has 18 heavy (non-hydrogen) atoms. The number of benzene rings is 1. The summed E-state index contributed by atoms with van der Waals surface area (Å²) in [5, 5.41) is 3.52. The number of hydrogen-bond donors (Lipinski definition) is 2. The number of nitrogens with two attached hydrogens (primary N) is 1. The Morgan fingerprint density at radius 3 is 2.83 bits per heavy atom. The Morgan fingerprint density at radius 2 is 2.22 bits per heavy atom. The van der Waals surface area contributed by atoms with Gasteiger partial charge < -0.3 is 11.1 Å². The fourth-order valence-electron chi connectivity index (χ4n) is 1.90. The van der Waals surface area contributed by atoms with Crippen LogP contribution in [0.5, 0.6) is 0 Å². The molecule has 0 fully saturated rings. The number of nitrogens with one attached hydrogen (secondary N) is 1. The molecule has 100 valence electrons. The van der Waals surface area contributed by atoms with Crippen LogP contribution >= 0.6 is 11.6 Å². The van der Waals surface area contributed by atoms with Gasteiger partial charge >= 0.3 is 0 Å². The van der Waals surface area contributed by atoms with Gasteiger partial charge in [0.2, 0.25) is 5.91 Å². The van der Waals surface area contributed by atoms with Gasteiger partial charge in [-0.1, -0.05) is 31.0 Å². The van der Waals surface area contributed by atoms with Crippen molar-refractivity contribution in [2.45, 2.75) is 33.1 Å². The summed E-state index contributed by atoms with van der Waals surface area (Å²) in [6.45, 7) is 4.59. The molecule has 1 amide bonds. The van der Waals surface area contributed by atoms with Gasteiger partial charge in [0.1, 0.15) is 0 Å². The second-order valence-electron chi connectivity index (χ2n) is 4.60. The number of anilines is 1. The largest absolute Gasteiger partial charge is 0.330 e. The molecule has 0 heterocycles. The number of halogens is 1. The number of rotatable bonds is 6. The quantitative estimate of drug-likeness (QED) is 0.831. The Bertz CT molecular complexity index is 407. The minimum atomic E-state index is 0.00395. The molecule has 1 atom stereocenters. The number of aryl methyl sites for hydroxylation is 1. The lowest BCUT2D eigenvalue weighted by Gasteiger charge is -2.14. The Morgan fingerprint density at radius 1 is 1.50 bits per heavy atom. The van der Waals surface area contributed by atoms with Crippen LogP contribution in [0.1, 0.15) is 31.7 Å². The molecule has 0 aromatic heterocycles. The Labute approximate surface area is 114 Å². The van der Waals surface area contributed by atoms with Crippen LogP contribution in [0.15, 0.2) is 18.2 Å². The first-order valence-corrected chi connectivity index (χ1v) is 6.70. The summed E-state index contributed by atoms with van der Waals surface area (Å²) in [6, 6.07) is 5.47. The van der Waals surface area contributed by atoms with E-state index in [9.17, 15) is 4.79 Å².